The maximum Gasteiger partial charge on any atom is 0.254 e. The molecule has 24 heavy (non-hydrogen) atoms. The first-order valence-corrected chi connectivity index (χ1v) is 7.54. The summed E-state index contributed by atoms with van der Waals surface area (Å²) in [6, 6.07) is 18.2. The summed E-state index contributed by atoms with van der Waals surface area (Å²) in [5.41, 5.74) is 2.80. The third-order valence-electron chi connectivity index (χ3n) is 3.71. The normalized spacial score (nSPS) is 10.9. The Morgan fingerprint density at radius 2 is 1.79 bits per heavy atom. The van der Waals surface area contributed by atoms with E-state index in [1.54, 1.807) is 16.6 Å². The number of anilines is 1. The lowest BCUT2D eigenvalue weighted by molar-refractivity contribution is 0.627. The zero-order chi connectivity index (χ0) is 16.4. The van der Waals surface area contributed by atoms with E-state index in [2.05, 4.69) is 20.4 Å². The molecule has 0 amide bonds. The first-order chi connectivity index (χ1) is 11.8. The van der Waals surface area contributed by atoms with Crippen molar-refractivity contribution in [3.8, 4) is 11.3 Å². The molecule has 1 N–H and O–H groups in total. The van der Waals surface area contributed by atoms with Gasteiger partial charge in [0.25, 0.3) is 5.78 Å². The molecule has 0 unspecified atom stereocenters. The minimum absolute atomic E-state index is 0.243. The van der Waals surface area contributed by atoms with Gasteiger partial charge in [0.1, 0.15) is 18.0 Å². The molecule has 0 saturated carbocycles. The predicted octanol–water partition coefficient (Wildman–Crippen LogP) is 3.54. The average Bonchev–Trinajstić information content (AvgIpc) is 3.10. The van der Waals surface area contributed by atoms with E-state index in [1.165, 1.54) is 18.5 Å². The molecule has 0 fully saturated rings. The Labute approximate surface area is 137 Å². The number of benzene rings is 2. The van der Waals surface area contributed by atoms with Crippen LogP contribution in [0, 0.1) is 5.82 Å². The molecule has 0 radical (unpaired) electrons. The summed E-state index contributed by atoms with van der Waals surface area (Å²) < 4.78 is 14.7. The van der Waals surface area contributed by atoms with Crippen LogP contribution in [-0.2, 0) is 6.54 Å². The van der Waals surface area contributed by atoms with Gasteiger partial charge in [-0.2, -0.15) is 14.6 Å². The molecule has 4 aromatic rings. The Morgan fingerprint density at radius 3 is 2.58 bits per heavy atom. The largest absolute Gasteiger partial charge is 0.366 e. The third kappa shape index (κ3) is 2.81. The Bertz CT molecular complexity index is 964. The highest BCUT2D eigenvalue weighted by atomic mass is 19.1. The number of nitrogens with zero attached hydrogens (tertiary/aromatic N) is 4. The molecule has 0 bridgehead atoms. The van der Waals surface area contributed by atoms with Crippen molar-refractivity contribution in [2.75, 3.05) is 5.32 Å². The van der Waals surface area contributed by atoms with E-state index < -0.39 is 0 Å². The van der Waals surface area contributed by atoms with Crippen LogP contribution >= 0.6 is 0 Å². The fraction of sp³-hybridized carbons (Fsp3) is 0.0556. The summed E-state index contributed by atoms with van der Waals surface area (Å²) in [5.74, 6) is 1.06. The van der Waals surface area contributed by atoms with Crippen molar-refractivity contribution < 1.29 is 4.39 Å². The van der Waals surface area contributed by atoms with Crippen LogP contribution in [-0.4, -0.2) is 19.6 Å². The van der Waals surface area contributed by atoms with Crippen molar-refractivity contribution in [1.29, 1.82) is 0 Å². The minimum Gasteiger partial charge on any atom is -0.366 e. The summed E-state index contributed by atoms with van der Waals surface area (Å²) in [6.07, 6.45) is 1.47. The molecule has 5 nitrogen and oxygen atoms in total. The molecule has 0 saturated heterocycles. The van der Waals surface area contributed by atoms with Crippen LogP contribution in [0.15, 0.2) is 67.0 Å². The SMILES string of the molecule is Fc1ccc(CNc2cc(-c3ccccc3)nc3ncnn23)cc1. The van der Waals surface area contributed by atoms with Crippen molar-refractivity contribution in [1.82, 2.24) is 19.6 Å². The summed E-state index contributed by atoms with van der Waals surface area (Å²) in [7, 11) is 0. The lowest BCUT2D eigenvalue weighted by atomic mass is 10.1. The van der Waals surface area contributed by atoms with Crippen LogP contribution in [0.1, 0.15) is 5.56 Å². The highest BCUT2D eigenvalue weighted by Crippen LogP contribution is 2.21. The van der Waals surface area contributed by atoms with Crippen LogP contribution in [0.5, 0.6) is 0 Å². The third-order valence-corrected chi connectivity index (χ3v) is 3.71. The van der Waals surface area contributed by atoms with Gasteiger partial charge in [-0.3, -0.25) is 0 Å². The highest BCUT2D eigenvalue weighted by Gasteiger charge is 2.09. The molecule has 4 rings (SSSR count). The van der Waals surface area contributed by atoms with Gasteiger partial charge in [-0.1, -0.05) is 42.5 Å². The molecule has 6 heteroatoms. The molecule has 0 aliphatic heterocycles. The number of aromatic nitrogens is 4. The summed E-state index contributed by atoms with van der Waals surface area (Å²) in [4.78, 5) is 8.72. The topological polar surface area (TPSA) is 55.1 Å². The minimum atomic E-state index is -0.243. The maximum absolute atomic E-state index is 13.0. The second kappa shape index (κ2) is 6.08. The van der Waals surface area contributed by atoms with Crippen molar-refractivity contribution >= 4 is 11.6 Å². The van der Waals surface area contributed by atoms with E-state index >= 15 is 0 Å². The summed E-state index contributed by atoms with van der Waals surface area (Å²) >= 11 is 0. The van der Waals surface area contributed by atoms with Crippen molar-refractivity contribution in [2.24, 2.45) is 0 Å². The molecule has 2 aromatic heterocycles. The van der Waals surface area contributed by atoms with E-state index in [0.717, 1.165) is 22.6 Å². The van der Waals surface area contributed by atoms with Crippen molar-refractivity contribution in [2.45, 2.75) is 6.54 Å². The quantitative estimate of drug-likeness (QED) is 0.625. The standard InChI is InChI=1S/C18H14FN5/c19-15-8-6-13(7-9-15)11-20-17-10-16(14-4-2-1-3-5-14)23-18-21-12-22-24(17)18/h1-10,12,20H,11H2. The van der Waals surface area contributed by atoms with Crippen LogP contribution in [0.25, 0.3) is 17.0 Å². The van der Waals surface area contributed by atoms with Gasteiger partial charge in [-0.25, -0.2) is 9.37 Å². The Kier molecular flexibility index (Phi) is 3.63. The second-order valence-corrected chi connectivity index (χ2v) is 5.34. The van der Waals surface area contributed by atoms with E-state index in [4.69, 9.17) is 0 Å². The molecular formula is C18H14FN5. The van der Waals surface area contributed by atoms with Crippen LogP contribution in [0.2, 0.25) is 0 Å². The monoisotopic (exact) mass is 319 g/mol. The first kappa shape index (κ1) is 14.3. The molecule has 118 valence electrons. The van der Waals surface area contributed by atoms with E-state index in [0.29, 0.717) is 12.3 Å². The number of hydrogen-bond donors (Lipinski definition) is 1. The van der Waals surface area contributed by atoms with Gasteiger partial charge in [0.2, 0.25) is 0 Å². The summed E-state index contributed by atoms with van der Waals surface area (Å²) in [6.45, 7) is 0.549. The van der Waals surface area contributed by atoms with Gasteiger partial charge in [-0.15, -0.1) is 0 Å². The van der Waals surface area contributed by atoms with E-state index in [-0.39, 0.29) is 5.82 Å². The number of nitrogens with one attached hydrogen (secondary N) is 1. The Balaban J connectivity index is 1.68. The predicted molar refractivity (Wildman–Crippen MR) is 89.9 cm³/mol. The highest BCUT2D eigenvalue weighted by molar-refractivity contribution is 5.65. The molecule has 2 aromatic carbocycles. The lowest BCUT2D eigenvalue weighted by Crippen LogP contribution is -2.07. The van der Waals surface area contributed by atoms with Crippen molar-refractivity contribution in [3.63, 3.8) is 0 Å². The van der Waals surface area contributed by atoms with Crippen molar-refractivity contribution in [3.05, 3.63) is 78.4 Å². The van der Waals surface area contributed by atoms with Gasteiger partial charge in [0, 0.05) is 18.2 Å². The zero-order valence-corrected chi connectivity index (χ0v) is 12.7. The molecule has 0 aliphatic carbocycles. The first-order valence-electron chi connectivity index (χ1n) is 7.54. The fourth-order valence-electron chi connectivity index (χ4n) is 2.49. The Morgan fingerprint density at radius 1 is 1.00 bits per heavy atom. The molecular weight excluding hydrogens is 305 g/mol. The number of fused-ring (bicyclic) bond motifs is 1. The number of rotatable bonds is 4. The average molecular weight is 319 g/mol. The Hall–Kier alpha value is -3.28. The lowest BCUT2D eigenvalue weighted by Gasteiger charge is -2.10. The van der Waals surface area contributed by atoms with Crippen LogP contribution in [0.4, 0.5) is 10.2 Å². The maximum atomic E-state index is 13.0. The molecule has 0 atom stereocenters. The zero-order valence-electron chi connectivity index (χ0n) is 12.7. The van der Waals surface area contributed by atoms with Gasteiger partial charge in [-0.05, 0) is 17.7 Å². The second-order valence-electron chi connectivity index (χ2n) is 5.34. The smallest absolute Gasteiger partial charge is 0.254 e. The fourth-order valence-corrected chi connectivity index (χ4v) is 2.49. The molecule has 0 aliphatic rings. The molecule has 0 spiro atoms. The van der Waals surface area contributed by atoms with Gasteiger partial charge >= 0.3 is 0 Å². The van der Waals surface area contributed by atoms with Gasteiger partial charge in [0.15, 0.2) is 0 Å². The number of hydrogen-bond acceptors (Lipinski definition) is 4. The van der Waals surface area contributed by atoms with Crippen LogP contribution < -0.4 is 5.32 Å². The molecule has 2 heterocycles. The van der Waals surface area contributed by atoms with E-state index in [9.17, 15) is 4.39 Å². The van der Waals surface area contributed by atoms with Gasteiger partial charge < -0.3 is 5.32 Å². The van der Waals surface area contributed by atoms with Gasteiger partial charge in [0.05, 0.1) is 5.69 Å². The number of halogens is 1. The summed E-state index contributed by atoms with van der Waals surface area (Å²) in [5, 5.41) is 7.52. The van der Waals surface area contributed by atoms with Crippen LogP contribution in [0.3, 0.4) is 0 Å². The van der Waals surface area contributed by atoms with E-state index in [1.807, 2.05) is 36.4 Å².